The largest absolute Gasteiger partial charge is 0.349 e. The molecule has 0 spiro atoms. The number of hydrogen-bond acceptors (Lipinski definition) is 3. The molecule has 7 heteroatoms. The van der Waals surface area contributed by atoms with Gasteiger partial charge in [0.15, 0.2) is 0 Å². The molecular weight excluding hydrogens is 314 g/mol. The van der Waals surface area contributed by atoms with Crippen molar-refractivity contribution in [3.05, 3.63) is 76.3 Å². The lowest BCUT2D eigenvalue weighted by Gasteiger charge is -1.98. The Morgan fingerprint density at radius 2 is 2.00 bits per heavy atom. The molecule has 0 radical (unpaired) electrons. The van der Waals surface area contributed by atoms with Crippen molar-refractivity contribution in [3.8, 4) is 0 Å². The van der Waals surface area contributed by atoms with Crippen molar-refractivity contribution >= 4 is 28.2 Å². The van der Waals surface area contributed by atoms with E-state index in [1.54, 1.807) is 24.3 Å². The molecule has 0 aliphatic carbocycles. The minimum absolute atomic E-state index is 0.212. The van der Waals surface area contributed by atoms with E-state index in [2.05, 4.69) is 15.1 Å². The zero-order valence-corrected chi connectivity index (χ0v) is 12.2. The van der Waals surface area contributed by atoms with Crippen LogP contribution in [0.5, 0.6) is 0 Å². The molecule has 4 rings (SSSR count). The van der Waals surface area contributed by atoms with E-state index in [0.29, 0.717) is 16.4 Å². The lowest BCUT2D eigenvalue weighted by Crippen LogP contribution is -2.17. The second kappa shape index (κ2) is 5.38. The Hall–Kier alpha value is -3.35. The number of nitrogens with zero attached hydrogens (tertiary/aromatic N) is 3. The molecule has 0 bridgehead atoms. The third-order valence-corrected chi connectivity index (χ3v) is 3.68. The summed E-state index contributed by atoms with van der Waals surface area (Å²) in [5, 5.41) is 4.48. The minimum Gasteiger partial charge on any atom is -0.349 e. The molecule has 2 aromatic carbocycles. The first-order valence-corrected chi connectivity index (χ1v) is 7.11. The number of halogens is 2. The SMILES string of the molecule is O=c1c2[nH]c3ccc(F)cc3c2ncn1/N=C\c1ccccc1F. The van der Waals surface area contributed by atoms with Crippen LogP contribution in [0.1, 0.15) is 5.56 Å². The number of aromatic nitrogens is 3. The standard InChI is InChI=1S/C17H10F2N4O/c18-11-5-6-14-12(7-11)15-16(22-14)17(24)23(9-20-15)21-8-10-3-1-2-4-13(10)19/h1-9,22H/b21-8-. The molecule has 2 heterocycles. The fourth-order valence-electron chi connectivity index (χ4n) is 2.50. The molecule has 0 amide bonds. The van der Waals surface area contributed by atoms with E-state index >= 15 is 0 Å². The number of hydrogen-bond donors (Lipinski definition) is 1. The number of fused-ring (bicyclic) bond motifs is 3. The maximum atomic E-state index is 13.6. The molecule has 24 heavy (non-hydrogen) atoms. The summed E-state index contributed by atoms with van der Waals surface area (Å²) in [5.41, 5.74) is 0.981. The number of nitrogens with one attached hydrogen (secondary N) is 1. The number of benzene rings is 2. The maximum Gasteiger partial charge on any atom is 0.298 e. The molecule has 4 aromatic rings. The van der Waals surface area contributed by atoms with E-state index in [1.807, 2.05) is 0 Å². The van der Waals surface area contributed by atoms with Gasteiger partial charge in [0, 0.05) is 16.5 Å². The summed E-state index contributed by atoms with van der Waals surface area (Å²) in [6, 6.07) is 10.2. The summed E-state index contributed by atoms with van der Waals surface area (Å²) in [6.45, 7) is 0. The van der Waals surface area contributed by atoms with Gasteiger partial charge in [-0.05, 0) is 24.3 Å². The molecule has 5 nitrogen and oxygen atoms in total. The van der Waals surface area contributed by atoms with Gasteiger partial charge in [0.2, 0.25) is 0 Å². The fraction of sp³-hybridized carbons (Fsp3) is 0. The average Bonchev–Trinajstić information content (AvgIpc) is 2.94. The topological polar surface area (TPSA) is 63.0 Å². The quantitative estimate of drug-likeness (QED) is 0.576. The Bertz CT molecular complexity index is 1160. The first-order chi connectivity index (χ1) is 11.6. The van der Waals surface area contributed by atoms with Crippen molar-refractivity contribution in [2.75, 3.05) is 0 Å². The number of H-pyrrole nitrogens is 1. The van der Waals surface area contributed by atoms with Gasteiger partial charge in [-0.1, -0.05) is 18.2 Å². The molecule has 0 atom stereocenters. The Kier molecular flexibility index (Phi) is 3.19. The maximum absolute atomic E-state index is 13.6. The zero-order chi connectivity index (χ0) is 16.7. The number of aromatic amines is 1. The molecule has 0 fully saturated rings. The van der Waals surface area contributed by atoms with E-state index < -0.39 is 17.2 Å². The zero-order valence-electron chi connectivity index (χ0n) is 12.2. The first-order valence-electron chi connectivity index (χ1n) is 7.11. The van der Waals surface area contributed by atoms with Crippen LogP contribution in [0.2, 0.25) is 0 Å². The highest BCUT2D eigenvalue weighted by molar-refractivity contribution is 6.04. The number of rotatable bonds is 2. The minimum atomic E-state index is -0.454. The third-order valence-electron chi connectivity index (χ3n) is 3.68. The van der Waals surface area contributed by atoms with Gasteiger partial charge >= 0.3 is 0 Å². The van der Waals surface area contributed by atoms with E-state index in [4.69, 9.17) is 0 Å². The molecule has 0 saturated heterocycles. The summed E-state index contributed by atoms with van der Waals surface area (Å²) in [7, 11) is 0. The van der Waals surface area contributed by atoms with Gasteiger partial charge in [0.05, 0.1) is 6.21 Å². The molecule has 118 valence electrons. The van der Waals surface area contributed by atoms with Crippen LogP contribution >= 0.6 is 0 Å². The highest BCUT2D eigenvalue weighted by atomic mass is 19.1. The van der Waals surface area contributed by atoms with Crippen molar-refractivity contribution in [2.45, 2.75) is 0 Å². The van der Waals surface area contributed by atoms with Crippen LogP contribution in [0.4, 0.5) is 8.78 Å². The van der Waals surface area contributed by atoms with Gasteiger partial charge in [-0.15, -0.1) is 0 Å². The van der Waals surface area contributed by atoms with E-state index in [9.17, 15) is 13.6 Å². The Balaban J connectivity index is 1.86. The monoisotopic (exact) mass is 324 g/mol. The van der Waals surface area contributed by atoms with Gasteiger partial charge in [0.1, 0.15) is 29.0 Å². The van der Waals surface area contributed by atoms with Crippen LogP contribution in [0, 0.1) is 11.6 Å². The van der Waals surface area contributed by atoms with E-state index in [-0.39, 0.29) is 11.1 Å². The highest BCUT2D eigenvalue weighted by Crippen LogP contribution is 2.21. The van der Waals surface area contributed by atoms with Gasteiger partial charge in [0.25, 0.3) is 5.56 Å². The van der Waals surface area contributed by atoms with E-state index in [1.165, 1.54) is 30.7 Å². The average molecular weight is 324 g/mol. The Morgan fingerprint density at radius 3 is 2.83 bits per heavy atom. The molecule has 0 aliphatic rings. The molecule has 1 N–H and O–H groups in total. The normalized spacial score (nSPS) is 11.8. The van der Waals surface area contributed by atoms with Crippen LogP contribution in [-0.4, -0.2) is 20.9 Å². The van der Waals surface area contributed by atoms with Crippen molar-refractivity contribution < 1.29 is 8.78 Å². The van der Waals surface area contributed by atoms with Crippen molar-refractivity contribution in [3.63, 3.8) is 0 Å². The third kappa shape index (κ3) is 2.26. The molecule has 0 saturated carbocycles. The molecule has 0 aliphatic heterocycles. The Morgan fingerprint density at radius 1 is 1.17 bits per heavy atom. The summed E-state index contributed by atoms with van der Waals surface area (Å²) in [4.78, 5) is 19.6. The lowest BCUT2D eigenvalue weighted by molar-refractivity contribution is 0.625. The van der Waals surface area contributed by atoms with Gasteiger partial charge < -0.3 is 4.98 Å². The fourth-order valence-corrected chi connectivity index (χ4v) is 2.50. The summed E-state index contributed by atoms with van der Waals surface area (Å²) < 4.78 is 28.0. The summed E-state index contributed by atoms with van der Waals surface area (Å²) >= 11 is 0. The van der Waals surface area contributed by atoms with Crippen LogP contribution in [0.3, 0.4) is 0 Å². The van der Waals surface area contributed by atoms with Gasteiger partial charge in [-0.3, -0.25) is 4.79 Å². The second-order valence-electron chi connectivity index (χ2n) is 5.20. The second-order valence-corrected chi connectivity index (χ2v) is 5.20. The van der Waals surface area contributed by atoms with E-state index in [0.717, 1.165) is 4.68 Å². The van der Waals surface area contributed by atoms with Crippen LogP contribution < -0.4 is 5.56 Å². The summed E-state index contributed by atoms with van der Waals surface area (Å²) in [6.07, 6.45) is 2.47. The van der Waals surface area contributed by atoms with Crippen LogP contribution in [0.25, 0.3) is 21.9 Å². The lowest BCUT2D eigenvalue weighted by atomic mass is 10.2. The Labute approximate surface area is 133 Å². The smallest absolute Gasteiger partial charge is 0.298 e. The molecular formula is C17H10F2N4O. The first kappa shape index (κ1) is 14.3. The van der Waals surface area contributed by atoms with Crippen molar-refractivity contribution in [1.29, 1.82) is 0 Å². The molecule has 0 unspecified atom stereocenters. The predicted molar refractivity (Wildman–Crippen MR) is 87.2 cm³/mol. The van der Waals surface area contributed by atoms with Crippen molar-refractivity contribution in [2.24, 2.45) is 5.10 Å². The van der Waals surface area contributed by atoms with Gasteiger partial charge in [-0.25, -0.2) is 13.8 Å². The molecule has 2 aromatic heterocycles. The highest BCUT2D eigenvalue weighted by Gasteiger charge is 2.11. The van der Waals surface area contributed by atoms with Crippen molar-refractivity contribution in [1.82, 2.24) is 14.6 Å². The van der Waals surface area contributed by atoms with Crippen LogP contribution in [0.15, 0.2) is 58.7 Å². The van der Waals surface area contributed by atoms with Gasteiger partial charge in [-0.2, -0.15) is 9.78 Å². The predicted octanol–water partition coefficient (Wildman–Crippen LogP) is 3.04. The summed E-state index contributed by atoms with van der Waals surface area (Å²) in [5.74, 6) is -0.851. The van der Waals surface area contributed by atoms with Crippen LogP contribution in [-0.2, 0) is 0 Å².